The molecule has 0 saturated carbocycles. The number of rotatable bonds is 6. The molecule has 0 spiro atoms. The first-order valence-corrected chi connectivity index (χ1v) is 9.44. The molecule has 0 aliphatic heterocycles. The number of non-ortho nitro benzene ring substituents is 1. The molecule has 3 aromatic carbocycles. The van der Waals surface area contributed by atoms with Crippen molar-refractivity contribution in [3.63, 3.8) is 0 Å². The van der Waals surface area contributed by atoms with Gasteiger partial charge in [-0.2, -0.15) is 5.26 Å². The monoisotopic (exact) mass is 430 g/mol. The lowest BCUT2D eigenvalue weighted by molar-refractivity contribution is -0.384. The Balaban J connectivity index is 1.64. The molecule has 152 valence electrons. The minimum Gasteiger partial charge on any atom is -0.423 e. The van der Waals surface area contributed by atoms with Crippen LogP contribution in [0.5, 0.6) is 5.75 Å². The maximum atomic E-state index is 12.0. The van der Waals surface area contributed by atoms with Gasteiger partial charge < -0.3 is 4.74 Å². The van der Waals surface area contributed by atoms with Crippen molar-refractivity contribution in [3.8, 4) is 11.8 Å². The van der Waals surface area contributed by atoms with E-state index in [4.69, 9.17) is 16.3 Å². The number of hydrogen-bond donors (Lipinski definition) is 0. The van der Waals surface area contributed by atoms with Crippen LogP contribution in [0.25, 0.3) is 17.7 Å². The molecule has 0 aromatic heterocycles. The molecular formula is C24H15ClN2O4. The molecule has 3 aromatic rings. The number of halogens is 1. The summed E-state index contributed by atoms with van der Waals surface area (Å²) < 4.78 is 5.25. The minimum atomic E-state index is -0.583. The zero-order chi connectivity index (χ0) is 22.2. The molecule has 0 aliphatic rings. The Morgan fingerprint density at radius 2 is 1.58 bits per heavy atom. The number of nitro benzene ring substituents is 1. The smallest absolute Gasteiger partial charge is 0.336 e. The molecule has 6 nitrogen and oxygen atoms in total. The maximum absolute atomic E-state index is 12.0. The van der Waals surface area contributed by atoms with Crippen molar-refractivity contribution in [3.05, 3.63) is 111 Å². The van der Waals surface area contributed by atoms with Crippen molar-refractivity contribution < 1.29 is 14.5 Å². The number of allylic oxidation sites excluding steroid dienone is 1. The molecule has 0 fully saturated rings. The van der Waals surface area contributed by atoms with Crippen LogP contribution < -0.4 is 4.74 Å². The van der Waals surface area contributed by atoms with E-state index in [-0.39, 0.29) is 5.69 Å². The van der Waals surface area contributed by atoms with Crippen molar-refractivity contribution in [2.24, 2.45) is 0 Å². The largest absolute Gasteiger partial charge is 0.423 e. The van der Waals surface area contributed by atoms with Crippen molar-refractivity contribution in [2.75, 3.05) is 0 Å². The number of carbonyl (C=O) groups excluding carboxylic acids is 1. The first-order chi connectivity index (χ1) is 14.9. The van der Waals surface area contributed by atoms with E-state index in [0.29, 0.717) is 21.9 Å². The van der Waals surface area contributed by atoms with Crippen LogP contribution in [-0.4, -0.2) is 10.9 Å². The second-order valence-electron chi connectivity index (χ2n) is 6.35. The van der Waals surface area contributed by atoms with E-state index in [1.54, 1.807) is 54.6 Å². The molecule has 0 amide bonds. The topological polar surface area (TPSA) is 93.2 Å². The second-order valence-corrected chi connectivity index (χ2v) is 6.79. The number of nitriles is 1. The standard InChI is InChI=1S/C24H15ClN2O4/c25-21-8-6-19(7-9-21)20(16-26)15-18-3-12-23(13-4-18)31-24(28)14-5-17-1-10-22(11-2-17)27(29)30/h1-15H/b14-5+,20-15-. The normalized spacial score (nSPS) is 11.2. The highest BCUT2D eigenvalue weighted by Gasteiger charge is 2.05. The molecule has 31 heavy (non-hydrogen) atoms. The van der Waals surface area contributed by atoms with Crippen LogP contribution in [-0.2, 0) is 4.79 Å². The van der Waals surface area contributed by atoms with Gasteiger partial charge in [-0.1, -0.05) is 35.9 Å². The van der Waals surface area contributed by atoms with E-state index in [2.05, 4.69) is 6.07 Å². The van der Waals surface area contributed by atoms with E-state index >= 15 is 0 Å². The summed E-state index contributed by atoms with van der Waals surface area (Å²) in [5, 5.41) is 20.7. The third-order valence-corrected chi connectivity index (χ3v) is 4.45. The molecule has 0 radical (unpaired) electrons. The molecule has 0 unspecified atom stereocenters. The summed E-state index contributed by atoms with van der Waals surface area (Å²) in [4.78, 5) is 22.2. The Hall–Kier alpha value is -4.21. The van der Waals surface area contributed by atoms with Crippen LogP contribution in [0.2, 0.25) is 5.02 Å². The van der Waals surface area contributed by atoms with Crippen molar-refractivity contribution in [1.29, 1.82) is 5.26 Å². The van der Waals surface area contributed by atoms with E-state index in [1.165, 1.54) is 36.4 Å². The summed E-state index contributed by atoms with van der Waals surface area (Å²) in [6.07, 6.45) is 4.47. The Bertz CT molecular complexity index is 1190. The quantitative estimate of drug-likeness (QED) is 0.0918. The molecule has 3 rings (SSSR count). The summed E-state index contributed by atoms with van der Waals surface area (Å²) >= 11 is 5.88. The zero-order valence-corrected chi connectivity index (χ0v) is 16.8. The van der Waals surface area contributed by atoms with Gasteiger partial charge in [0.2, 0.25) is 0 Å². The number of nitro groups is 1. The fraction of sp³-hybridized carbons (Fsp3) is 0. The fourth-order valence-corrected chi connectivity index (χ4v) is 2.76. The summed E-state index contributed by atoms with van der Waals surface area (Å²) in [5.74, 6) is -0.235. The van der Waals surface area contributed by atoms with Crippen molar-refractivity contribution >= 4 is 41.0 Å². The Kier molecular flexibility index (Phi) is 6.94. The average molecular weight is 431 g/mol. The molecular weight excluding hydrogens is 416 g/mol. The third kappa shape index (κ3) is 6.13. The third-order valence-electron chi connectivity index (χ3n) is 4.20. The van der Waals surface area contributed by atoms with Crippen LogP contribution in [0, 0.1) is 21.4 Å². The SMILES string of the molecule is N#C/C(=C/c1ccc(OC(=O)/C=C/c2ccc([N+](=O)[O-])cc2)cc1)c1ccc(Cl)cc1. The summed E-state index contributed by atoms with van der Waals surface area (Å²) in [5.41, 5.74) is 2.61. The zero-order valence-electron chi connectivity index (χ0n) is 16.1. The average Bonchev–Trinajstić information content (AvgIpc) is 2.78. The predicted octanol–water partition coefficient (Wildman–Crippen LogP) is 5.93. The molecule has 0 saturated heterocycles. The van der Waals surface area contributed by atoms with Crippen LogP contribution >= 0.6 is 11.6 Å². The van der Waals surface area contributed by atoms with E-state index in [9.17, 15) is 20.2 Å². The predicted molar refractivity (Wildman–Crippen MR) is 119 cm³/mol. The molecule has 0 atom stereocenters. The number of nitrogens with zero attached hydrogens (tertiary/aromatic N) is 2. The highest BCUT2D eigenvalue weighted by Crippen LogP contribution is 2.21. The van der Waals surface area contributed by atoms with E-state index < -0.39 is 10.9 Å². The first-order valence-electron chi connectivity index (χ1n) is 9.07. The molecule has 0 aliphatic carbocycles. The van der Waals surface area contributed by atoms with Gasteiger partial charge in [-0.05, 0) is 65.2 Å². The Labute approximate surface area is 183 Å². The Morgan fingerprint density at radius 3 is 2.16 bits per heavy atom. The highest BCUT2D eigenvalue weighted by molar-refractivity contribution is 6.30. The van der Waals surface area contributed by atoms with Gasteiger partial charge in [0.25, 0.3) is 5.69 Å². The van der Waals surface area contributed by atoms with Gasteiger partial charge in [0.05, 0.1) is 16.6 Å². The summed E-state index contributed by atoms with van der Waals surface area (Å²) in [6.45, 7) is 0. The maximum Gasteiger partial charge on any atom is 0.336 e. The van der Waals surface area contributed by atoms with Gasteiger partial charge in [-0.3, -0.25) is 10.1 Å². The van der Waals surface area contributed by atoms with Crippen LogP contribution in [0.4, 0.5) is 5.69 Å². The Morgan fingerprint density at radius 1 is 0.968 bits per heavy atom. The van der Waals surface area contributed by atoms with Gasteiger partial charge in [0, 0.05) is 23.2 Å². The van der Waals surface area contributed by atoms with Crippen molar-refractivity contribution in [1.82, 2.24) is 0 Å². The molecule has 0 N–H and O–H groups in total. The van der Waals surface area contributed by atoms with E-state index in [1.807, 2.05) is 0 Å². The van der Waals surface area contributed by atoms with Gasteiger partial charge in [-0.25, -0.2) is 4.79 Å². The van der Waals surface area contributed by atoms with Gasteiger partial charge in [0.1, 0.15) is 5.75 Å². The van der Waals surface area contributed by atoms with Crippen LogP contribution in [0.3, 0.4) is 0 Å². The summed E-state index contributed by atoms with van der Waals surface area (Å²) in [7, 11) is 0. The molecule has 0 bridgehead atoms. The fourth-order valence-electron chi connectivity index (χ4n) is 2.63. The lowest BCUT2D eigenvalue weighted by atomic mass is 10.0. The van der Waals surface area contributed by atoms with Gasteiger partial charge in [0.15, 0.2) is 0 Å². The first kappa shape index (κ1) is 21.5. The number of carbonyl (C=O) groups is 1. The minimum absolute atomic E-state index is 0.0236. The molecule has 7 heteroatoms. The van der Waals surface area contributed by atoms with Crippen LogP contribution in [0.15, 0.2) is 78.9 Å². The van der Waals surface area contributed by atoms with Crippen LogP contribution in [0.1, 0.15) is 16.7 Å². The van der Waals surface area contributed by atoms with Gasteiger partial charge in [-0.15, -0.1) is 0 Å². The number of hydrogen-bond acceptors (Lipinski definition) is 5. The van der Waals surface area contributed by atoms with E-state index in [0.717, 1.165) is 11.1 Å². The molecule has 0 heterocycles. The second kappa shape index (κ2) is 10.0. The highest BCUT2D eigenvalue weighted by atomic mass is 35.5. The summed E-state index contributed by atoms with van der Waals surface area (Å²) in [6, 6.07) is 21.6. The van der Waals surface area contributed by atoms with Gasteiger partial charge >= 0.3 is 5.97 Å². The number of ether oxygens (including phenoxy) is 1. The lowest BCUT2D eigenvalue weighted by Crippen LogP contribution is -2.03. The number of esters is 1. The number of benzene rings is 3. The van der Waals surface area contributed by atoms with Crippen molar-refractivity contribution in [2.45, 2.75) is 0 Å². The lowest BCUT2D eigenvalue weighted by Gasteiger charge is -2.03.